The molecule has 0 heterocycles. The third-order valence-electron chi connectivity index (χ3n) is 2.66. The molecule has 0 saturated heterocycles. The van der Waals surface area contributed by atoms with Gasteiger partial charge in [0, 0.05) is 37.6 Å². The fourth-order valence-electron chi connectivity index (χ4n) is 1.59. The molecule has 0 fully saturated rings. The number of carbonyl (C=O) groups excluding carboxylic acids is 1. The van der Waals surface area contributed by atoms with Crippen molar-refractivity contribution in [1.82, 2.24) is 10.6 Å². The number of halogens is 1. The number of rotatable bonds is 9. The highest BCUT2D eigenvalue weighted by molar-refractivity contribution is 9.10. The molecule has 0 unspecified atom stereocenters. The van der Waals surface area contributed by atoms with E-state index in [0.717, 1.165) is 24.0 Å². The predicted octanol–water partition coefficient (Wildman–Crippen LogP) is 1.73. The highest BCUT2D eigenvalue weighted by Crippen LogP contribution is 2.11. The molecule has 1 aromatic rings. The molecule has 19 heavy (non-hydrogen) atoms. The minimum Gasteiger partial charge on any atom is -0.383 e. The molecule has 0 radical (unpaired) electrons. The lowest BCUT2D eigenvalue weighted by Crippen LogP contribution is -2.33. The van der Waals surface area contributed by atoms with Gasteiger partial charge in [0.1, 0.15) is 0 Å². The Balaban J connectivity index is 2.06. The van der Waals surface area contributed by atoms with E-state index >= 15 is 0 Å². The van der Waals surface area contributed by atoms with Gasteiger partial charge < -0.3 is 15.4 Å². The number of nitrogens with one attached hydrogen (secondary N) is 2. The van der Waals surface area contributed by atoms with Crippen LogP contribution in [0.3, 0.4) is 0 Å². The number of aryl methyl sites for hydroxylation is 1. The number of methoxy groups -OCH3 is 1. The van der Waals surface area contributed by atoms with Gasteiger partial charge in [0.05, 0.1) is 6.61 Å². The van der Waals surface area contributed by atoms with Crippen LogP contribution in [0.5, 0.6) is 0 Å². The van der Waals surface area contributed by atoms with Gasteiger partial charge in [-0.05, 0) is 24.1 Å². The molecule has 5 heteroatoms. The molecular formula is C14H21BrN2O2. The Morgan fingerprint density at radius 3 is 2.63 bits per heavy atom. The Bertz CT molecular complexity index is 368. The third-order valence-corrected chi connectivity index (χ3v) is 3.19. The number of carbonyl (C=O) groups is 1. The fraction of sp³-hybridized carbons (Fsp3) is 0.500. The van der Waals surface area contributed by atoms with Crippen molar-refractivity contribution in [3.8, 4) is 0 Å². The van der Waals surface area contributed by atoms with Gasteiger partial charge >= 0.3 is 0 Å². The summed E-state index contributed by atoms with van der Waals surface area (Å²) in [5, 5.41) is 6.07. The Hall–Kier alpha value is -0.910. The van der Waals surface area contributed by atoms with E-state index in [-0.39, 0.29) is 5.91 Å². The molecule has 106 valence electrons. The summed E-state index contributed by atoms with van der Waals surface area (Å²) in [5.74, 6) is 0.0939. The largest absolute Gasteiger partial charge is 0.383 e. The zero-order chi connectivity index (χ0) is 13.9. The summed E-state index contributed by atoms with van der Waals surface area (Å²) in [6.07, 6.45) is 1.30. The molecule has 0 aliphatic rings. The lowest BCUT2D eigenvalue weighted by molar-refractivity contribution is -0.121. The standard InChI is InChI=1S/C14H21BrN2O2/c1-19-11-10-16-8-9-17-14(18)7-4-12-2-5-13(15)6-3-12/h2-3,5-6,16H,4,7-11H2,1H3,(H,17,18). The lowest BCUT2D eigenvalue weighted by Gasteiger charge is -2.06. The van der Waals surface area contributed by atoms with Gasteiger partial charge in [0.15, 0.2) is 0 Å². The van der Waals surface area contributed by atoms with Crippen molar-refractivity contribution < 1.29 is 9.53 Å². The van der Waals surface area contributed by atoms with Crippen LogP contribution in [-0.2, 0) is 16.0 Å². The Kier molecular flexibility index (Phi) is 8.45. The van der Waals surface area contributed by atoms with Crippen LogP contribution < -0.4 is 10.6 Å². The number of benzene rings is 1. The van der Waals surface area contributed by atoms with E-state index in [1.54, 1.807) is 7.11 Å². The number of ether oxygens (including phenoxy) is 1. The van der Waals surface area contributed by atoms with Crippen molar-refractivity contribution in [1.29, 1.82) is 0 Å². The molecule has 0 aliphatic carbocycles. The van der Waals surface area contributed by atoms with E-state index in [4.69, 9.17) is 4.74 Å². The second kappa shape index (κ2) is 9.95. The first-order chi connectivity index (χ1) is 9.22. The van der Waals surface area contributed by atoms with Gasteiger partial charge in [0.25, 0.3) is 0 Å². The predicted molar refractivity (Wildman–Crippen MR) is 80.2 cm³/mol. The van der Waals surface area contributed by atoms with Crippen LogP contribution in [0.15, 0.2) is 28.7 Å². The average molecular weight is 329 g/mol. The van der Waals surface area contributed by atoms with Crippen molar-refractivity contribution in [3.05, 3.63) is 34.3 Å². The highest BCUT2D eigenvalue weighted by Gasteiger charge is 2.01. The van der Waals surface area contributed by atoms with E-state index in [1.807, 2.05) is 24.3 Å². The maximum Gasteiger partial charge on any atom is 0.220 e. The molecule has 1 amide bonds. The van der Waals surface area contributed by atoms with E-state index in [9.17, 15) is 4.79 Å². The minimum absolute atomic E-state index is 0.0939. The van der Waals surface area contributed by atoms with Gasteiger partial charge in [-0.2, -0.15) is 0 Å². The summed E-state index contributed by atoms with van der Waals surface area (Å²) in [4.78, 5) is 11.6. The average Bonchev–Trinajstić information content (AvgIpc) is 2.42. The SMILES string of the molecule is COCCNCCNC(=O)CCc1ccc(Br)cc1. The number of hydrogen-bond donors (Lipinski definition) is 2. The van der Waals surface area contributed by atoms with Crippen molar-refractivity contribution in [2.24, 2.45) is 0 Å². The molecule has 0 aliphatic heterocycles. The zero-order valence-corrected chi connectivity index (χ0v) is 12.8. The topological polar surface area (TPSA) is 50.4 Å². The maximum atomic E-state index is 11.6. The van der Waals surface area contributed by atoms with Crippen LogP contribution in [0, 0.1) is 0 Å². The first kappa shape index (κ1) is 16.1. The van der Waals surface area contributed by atoms with Crippen LogP contribution in [0.25, 0.3) is 0 Å². The quantitative estimate of drug-likeness (QED) is 0.679. The molecule has 0 aromatic heterocycles. The van der Waals surface area contributed by atoms with E-state index in [1.165, 1.54) is 5.56 Å². The third kappa shape index (κ3) is 7.97. The molecule has 1 rings (SSSR count). The fourth-order valence-corrected chi connectivity index (χ4v) is 1.85. The molecule has 0 bridgehead atoms. The Morgan fingerprint density at radius 2 is 1.95 bits per heavy atom. The van der Waals surface area contributed by atoms with Crippen molar-refractivity contribution >= 4 is 21.8 Å². The summed E-state index contributed by atoms with van der Waals surface area (Å²) in [6.45, 7) is 2.93. The molecule has 0 atom stereocenters. The summed E-state index contributed by atoms with van der Waals surface area (Å²) in [7, 11) is 1.67. The van der Waals surface area contributed by atoms with Gasteiger partial charge in [-0.25, -0.2) is 0 Å². The molecular weight excluding hydrogens is 308 g/mol. The minimum atomic E-state index is 0.0939. The summed E-state index contributed by atoms with van der Waals surface area (Å²) in [5.41, 5.74) is 1.18. The van der Waals surface area contributed by atoms with Crippen molar-refractivity contribution in [2.75, 3.05) is 33.4 Å². The van der Waals surface area contributed by atoms with Crippen molar-refractivity contribution in [3.63, 3.8) is 0 Å². The normalized spacial score (nSPS) is 10.4. The zero-order valence-electron chi connectivity index (χ0n) is 11.2. The summed E-state index contributed by atoms with van der Waals surface area (Å²) < 4.78 is 5.97. The van der Waals surface area contributed by atoms with Crippen LogP contribution in [0.1, 0.15) is 12.0 Å². The molecule has 4 nitrogen and oxygen atoms in total. The monoisotopic (exact) mass is 328 g/mol. The van der Waals surface area contributed by atoms with Gasteiger partial charge in [0.2, 0.25) is 5.91 Å². The van der Waals surface area contributed by atoms with Gasteiger partial charge in [-0.1, -0.05) is 28.1 Å². The summed E-state index contributed by atoms with van der Waals surface area (Å²) >= 11 is 3.39. The van der Waals surface area contributed by atoms with Gasteiger partial charge in [-0.15, -0.1) is 0 Å². The Morgan fingerprint density at radius 1 is 1.21 bits per heavy atom. The Labute approximate surface area is 123 Å². The van der Waals surface area contributed by atoms with Crippen LogP contribution in [0.4, 0.5) is 0 Å². The second-order valence-corrected chi connectivity index (χ2v) is 5.13. The van der Waals surface area contributed by atoms with E-state index in [0.29, 0.717) is 19.6 Å². The van der Waals surface area contributed by atoms with Crippen LogP contribution in [0.2, 0.25) is 0 Å². The van der Waals surface area contributed by atoms with Crippen LogP contribution >= 0.6 is 15.9 Å². The van der Waals surface area contributed by atoms with Crippen molar-refractivity contribution in [2.45, 2.75) is 12.8 Å². The molecule has 2 N–H and O–H groups in total. The maximum absolute atomic E-state index is 11.6. The summed E-state index contributed by atoms with van der Waals surface area (Å²) in [6, 6.07) is 8.05. The lowest BCUT2D eigenvalue weighted by atomic mass is 10.1. The molecule has 0 spiro atoms. The molecule has 0 saturated carbocycles. The second-order valence-electron chi connectivity index (χ2n) is 4.22. The van der Waals surface area contributed by atoms with Gasteiger partial charge in [-0.3, -0.25) is 4.79 Å². The number of amides is 1. The first-order valence-corrected chi connectivity index (χ1v) is 7.22. The molecule has 1 aromatic carbocycles. The van der Waals surface area contributed by atoms with E-state index in [2.05, 4.69) is 26.6 Å². The van der Waals surface area contributed by atoms with Crippen LogP contribution in [-0.4, -0.2) is 39.3 Å². The van der Waals surface area contributed by atoms with E-state index < -0.39 is 0 Å². The number of hydrogen-bond acceptors (Lipinski definition) is 3. The smallest absolute Gasteiger partial charge is 0.220 e. The highest BCUT2D eigenvalue weighted by atomic mass is 79.9. The first-order valence-electron chi connectivity index (χ1n) is 6.43.